The number of pyridine rings is 2. The largest absolute Gasteiger partial charge is 0.200 e. The van der Waals surface area contributed by atoms with Crippen molar-refractivity contribution in [2.24, 2.45) is 0 Å². The van der Waals surface area contributed by atoms with Crippen LogP contribution in [-0.2, 0) is 11.1 Å². The molecule has 0 saturated carbocycles. The Kier molecular flexibility index (Phi) is 2.97. The van der Waals surface area contributed by atoms with Crippen LogP contribution < -0.4 is 9.13 Å². The van der Waals surface area contributed by atoms with Gasteiger partial charge in [0.2, 0.25) is 0 Å². The molecule has 0 aliphatic carbocycles. The van der Waals surface area contributed by atoms with E-state index in [0.717, 1.165) is 0 Å². The molecular formula is C22H26N2+2. The van der Waals surface area contributed by atoms with Crippen molar-refractivity contribution in [2.75, 3.05) is 0 Å². The maximum Gasteiger partial charge on any atom is 0.177 e. The molecule has 0 fully saturated rings. The zero-order valence-electron chi connectivity index (χ0n) is 15.5. The Balaban J connectivity index is 2.14. The van der Waals surface area contributed by atoms with E-state index in [1.807, 2.05) is 0 Å². The van der Waals surface area contributed by atoms with E-state index >= 15 is 0 Å². The van der Waals surface area contributed by atoms with Crippen LogP contribution in [0.3, 0.4) is 0 Å². The second-order valence-electron chi connectivity index (χ2n) is 8.91. The van der Waals surface area contributed by atoms with Gasteiger partial charge in [-0.25, -0.2) is 0 Å². The SMILES string of the molecule is CC(C)(C)[n+]1cc2ccc3c[n+](C(C)(C)C)cc4ccc(c1)c2c34. The molecule has 2 heteroatoms. The summed E-state index contributed by atoms with van der Waals surface area (Å²) in [5.41, 5.74) is 0.166. The van der Waals surface area contributed by atoms with E-state index in [4.69, 9.17) is 0 Å². The Hall–Kier alpha value is -2.22. The second-order valence-corrected chi connectivity index (χ2v) is 8.91. The Morgan fingerprint density at radius 3 is 0.958 bits per heavy atom. The van der Waals surface area contributed by atoms with Crippen LogP contribution in [0.2, 0.25) is 0 Å². The van der Waals surface area contributed by atoms with E-state index in [2.05, 4.69) is 99.7 Å². The fourth-order valence-corrected chi connectivity index (χ4v) is 3.48. The molecule has 0 aliphatic heterocycles. The van der Waals surface area contributed by atoms with Crippen molar-refractivity contribution in [3.8, 4) is 0 Å². The van der Waals surface area contributed by atoms with Crippen molar-refractivity contribution in [2.45, 2.75) is 52.6 Å². The Labute approximate surface area is 143 Å². The molecule has 0 unspecified atom stereocenters. The van der Waals surface area contributed by atoms with Crippen molar-refractivity contribution in [3.63, 3.8) is 0 Å². The number of benzene rings is 2. The molecule has 2 aromatic carbocycles. The predicted octanol–water partition coefficient (Wildman–Crippen LogP) is 4.67. The predicted molar refractivity (Wildman–Crippen MR) is 101 cm³/mol. The smallest absolute Gasteiger partial charge is 0.177 e. The topological polar surface area (TPSA) is 7.76 Å². The van der Waals surface area contributed by atoms with Gasteiger partial charge in [0.25, 0.3) is 0 Å². The van der Waals surface area contributed by atoms with Crippen molar-refractivity contribution >= 4 is 32.3 Å². The summed E-state index contributed by atoms with van der Waals surface area (Å²) >= 11 is 0. The molecule has 24 heavy (non-hydrogen) atoms. The molecule has 2 nitrogen and oxygen atoms in total. The molecular weight excluding hydrogens is 292 g/mol. The van der Waals surface area contributed by atoms with Crippen molar-refractivity contribution in [3.05, 3.63) is 49.1 Å². The van der Waals surface area contributed by atoms with Crippen LogP contribution in [0.25, 0.3) is 32.3 Å². The summed E-state index contributed by atoms with van der Waals surface area (Å²) in [5.74, 6) is 0. The normalized spacial score (nSPS) is 13.4. The van der Waals surface area contributed by atoms with Gasteiger partial charge in [-0.05, 0) is 24.3 Å². The number of aromatic nitrogens is 2. The summed E-state index contributed by atoms with van der Waals surface area (Å²) < 4.78 is 4.65. The highest BCUT2D eigenvalue weighted by Crippen LogP contribution is 2.33. The van der Waals surface area contributed by atoms with Crippen molar-refractivity contribution < 1.29 is 9.13 Å². The van der Waals surface area contributed by atoms with Gasteiger partial charge in [0, 0.05) is 73.9 Å². The first-order valence-electron chi connectivity index (χ1n) is 8.71. The summed E-state index contributed by atoms with van der Waals surface area (Å²) in [6.45, 7) is 13.5. The molecule has 0 N–H and O–H groups in total. The molecule has 2 aromatic heterocycles. The van der Waals surface area contributed by atoms with Gasteiger partial charge in [-0.2, -0.15) is 9.13 Å². The lowest BCUT2D eigenvalue weighted by molar-refractivity contribution is -0.752. The Bertz CT molecular complexity index is 909. The van der Waals surface area contributed by atoms with E-state index in [9.17, 15) is 0 Å². The van der Waals surface area contributed by atoms with Gasteiger partial charge in [0.1, 0.15) is 0 Å². The Morgan fingerprint density at radius 2 is 0.750 bits per heavy atom. The van der Waals surface area contributed by atoms with Gasteiger partial charge in [0.15, 0.2) is 35.9 Å². The lowest BCUT2D eigenvalue weighted by atomic mass is 9.96. The highest BCUT2D eigenvalue weighted by molar-refractivity contribution is 6.21. The average molecular weight is 318 g/mol. The van der Waals surface area contributed by atoms with Gasteiger partial charge >= 0.3 is 0 Å². The van der Waals surface area contributed by atoms with Crippen LogP contribution in [0.15, 0.2) is 49.1 Å². The molecule has 0 aliphatic rings. The lowest BCUT2D eigenvalue weighted by Crippen LogP contribution is -2.50. The average Bonchev–Trinajstić information content (AvgIpc) is 2.50. The molecule has 0 atom stereocenters. The van der Waals surface area contributed by atoms with Crippen LogP contribution in [0.4, 0.5) is 0 Å². The molecule has 4 aromatic rings. The van der Waals surface area contributed by atoms with Crippen LogP contribution in [0, 0.1) is 0 Å². The third-order valence-corrected chi connectivity index (χ3v) is 4.95. The third kappa shape index (κ3) is 2.24. The van der Waals surface area contributed by atoms with E-state index in [1.54, 1.807) is 0 Å². The van der Waals surface area contributed by atoms with Crippen LogP contribution in [0.1, 0.15) is 41.5 Å². The molecule has 0 saturated heterocycles. The van der Waals surface area contributed by atoms with Gasteiger partial charge in [-0.1, -0.05) is 0 Å². The van der Waals surface area contributed by atoms with E-state index in [1.165, 1.54) is 32.3 Å². The first-order chi connectivity index (χ1) is 11.1. The summed E-state index contributed by atoms with van der Waals surface area (Å²) in [4.78, 5) is 0. The molecule has 2 heterocycles. The summed E-state index contributed by atoms with van der Waals surface area (Å²) in [5, 5.41) is 8.02. The van der Waals surface area contributed by atoms with Gasteiger partial charge in [-0.3, -0.25) is 0 Å². The minimum absolute atomic E-state index is 0.0830. The monoisotopic (exact) mass is 318 g/mol. The molecule has 4 rings (SSSR count). The molecule has 122 valence electrons. The lowest BCUT2D eigenvalue weighted by Gasteiger charge is -2.17. The highest BCUT2D eigenvalue weighted by atomic mass is 15.0. The van der Waals surface area contributed by atoms with Crippen LogP contribution in [-0.4, -0.2) is 0 Å². The highest BCUT2D eigenvalue weighted by Gasteiger charge is 2.26. The Morgan fingerprint density at radius 1 is 0.500 bits per heavy atom. The van der Waals surface area contributed by atoms with Crippen molar-refractivity contribution in [1.82, 2.24) is 0 Å². The second kappa shape index (κ2) is 4.66. The minimum Gasteiger partial charge on any atom is -0.200 e. The first kappa shape index (κ1) is 15.3. The summed E-state index contributed by atoms with van der Waals surface area (Å²) in [6.07, 6.45) is 9.14. The van der Waals surface area contributed by atoms with Gasteiger partial charge in [-0.15, -0.1) is 0 Å². The third-order valence-electron chi connectivity index (χ3n) is 4.95. The first-order valence-corrected chi connectivity index (χ1v) is 8.71. The number of rotatable bonds is 0. The quantitative estimate of drug-likeness (QED) is 0.329. The maximum absolute atomic E-state index is 2.32. The maximum atomic E-state index is 2.32. The zero-order valence-corrected chi connectivity index (χ0v) is 15.5. The molecule has 0 bridgehead atoms. The summed E-state index contributed by atoms with van der Waals surface area (Å²) in [6, 6.07) is 9.05. The van der Waals surface area contributed by atoms with E-state index < -0.39 is 0 Å². The van der Waals surface area contributed by atoms with Crippen molar-refractivity contribution in [1.29, 1.82) is 0 Å². The van der Waals surface area contributed by atoms with Crippen LogP contribution >= 0.6 is 0 Å². The number of hydrogen-bond donors (Lipinski definition) is 0. The molecule has 0 spiro atoms. The zero-order chi connectivity index (χ0) is 17.3. The fourth-order valence-electron chi connectivity index (χ4n) is 3.48. The standard InChI is InChI=1S/C22H26N2/c1-21(2,3)23-11-15-7-9-17-13-24(22(4,5)6)14-18-10-8-16(12-23)19(15)20(17)18/h7-14H,1-6H3/q+2. The molecule has 0 amide bonds. The number of nitrogens with zero attached hydrogens (tertiary/aromatic N) is 2. The molecule has 0 radical (unpaired) electrons. The van der Waals surface area contributed by atoms with Gasteiger partial charge in [0.05, 0.1) is 0 Å². The summed E-state index contributed by atoms with van der Waals surface area (Å²) in [7, 11) is 0. The minimum atomic E-state index is 0.0830. The fraction of sp³-hybridized carbons (Fsp3) is 0.364. The van der Waals surface area contributed by atoms with Gasteiger partial charge < -0.3 is 0 Å². The van der Waals surface area contributed by atoms with E-state index in [-0.39, 0.29) is 11.1 Å². The number of hydrogen-bond acceptors (Lipinski definition) is 0. The van der Waals surface area contributed by atoms with Crippen LogP contribution in [0.5, 0.6) is 0 Å². The van der Waals surface area contributed by atoms with E-state index in [0.29, 0.717) is 0 Å².